The number of phenolic OH excluding ortho intramolecular Hbond substituents is 11. The van der Waals surface area contributed by atoms with Crippen LogP contribution in [0.1, 0.15) is 56.3 Å². The molecule has 0 saturated carbocycles. The summed E-state index contributed by atoms with van der Waals surface area (Å²) < 4.78 is 17.8. The Morgan fingerprint density at radius 3 is 1.74 bits per heavy atom. The predicted octanol–water partition coefficient (Wildman–Crippen LogP) is 3.98. The minimum Gasteiger partial charge on any atom is -0.508 e. The van der Waals surface area contributed by atoms with Crippen LogP contribution >= 0.6 is 0 Å². The van der Waals surface area contributed by atoms with Crippen LogP contribution in [0.4, 0.5) is 0 Å². The maximum Gasteiger partial charge on any atom is 0.338 e. The first-order chi connectivity index (χ1) is 25.1. The Labute approximate surface area is 297 Å². The van der Waals surface area contributed by atoms with E-state index in [9.17, 15) is 66.1 Å². The molecule has 5 aromatic rings. The summed E-state index contributed by atoms with van der Waals surface area (Å²) in [5, 5.41) is 126. The van der Waals surface area contributed by atoms with E-state index in [2.05, 4.69) is 0 Å². The number of rotatable bonds is 5. The lowest BCUT2D eigenvalue weighted by atomic mass is 9.77. The van der Waals surface area contributed by atoms with Gasteiger partial charge in [-0.25, -0.2) is 4.79 Å². The van der Waals surface area contributed by atoms with E-state index >= 15 is 0 Å². The molecular weight excluding hydrogens is 700 g/mol. The fourth-order valence-electron chi connectivity index (χ4n) is 6.71. The molecule has 5 aromatic carbocycles. The van der Waals surface area contributed by atoms with E-state index in [0.29, 0.717) is 0 Å². The summed E-state index contributed by atoms with van der Waals surface area (Å²) >= 11 is 0. The molecule has 5 atom stereocenters. The smallest absolute Gasteiger partial charge is 0.338 e. The third-order valence-electron chi connectivity index (χ3n) is 9.23. The number of aliphatic hydroxyl groups is 1. The molecule has 2 heterocycles. The number of hydrogen-bond donors (Lipinski definition) is 12. The molecule has 12 N–H and O–H groups in total. The van der Waals surface area contributed by atoms with Crippen molar-refractivity contribution in [1.29, 1.82) is 0 Å². The van der Waals surface area contributed by atoms with Crippen molar-refractivity contribution in [3.05, 3.63) is 100 Å². The summed E-state index contributed by atoms with van der Waals surface area (Å²) in [6, 6.07) is 12.1. The van der Waals surface area contributed by atoms with E-state index in [4.69, 9.17) is 14.2 Å². The van der Waals surface area contributed by atoms with Gasteiger partial charge in [0, 0.05) is 46.9 Å². The van der Waals surface area contributed by atoms with Crippen LogP contribution in [0.2, 0.25) is 0 Å². The average Bonchev–Trinajstić information content (AvgIpc) is 3.10. The van der Waals surface area contributed by atoms with Crippen molar-refractivity contribution in [1.82, 2.24) is 0 Å². The van der Waals surface area contributed by atoms with Gasteiger partial charge in [0.05, 0.1) is 11.5 Å². The standard InChI is InChI=1S/C37H30O16/c38-16-9-22(43)29-27(10-16)52-36(14-2-4-19(40)21(42)6-14)34(49)31(29)30-23(44)12-26-17(32(30)47)11-28(35(51-26)13-1-3-18(39)20(41)5-13)53-37(50)15-7-24(45)33(48)25(46)8-15/h1-10,12,28,31,34-36,38-49H,11H2/t28-,31+,34+,35+,36-/m1/s1. The quantitative estimate of drug-likeness (QED) is 0.0899. The summed E-state index contributed by atoms with van der Waals surface area (Å²) in [5.41, 5.74) is -0.657. The van der Waals surface area contributed by atoms with Crippen molar-refractivity contribution in [2.75, 3.05) is 0 Å². The minimum atomic E-state index is -1.72. The molecular formula is C37H30O16. The topological polar surface area (TPSA) is 288 Å². The number of fused-ring (bicyclic) bond motifs is 2. The SMILES string of the molecule is O=C(O[C@@H]1Cc2c(cc(O)c([C@@H]3c4c(O)cc(O)cc4O[C@H](c4ccc(O)c(O)c4)[C@H]3O)c2O)O[C@H]1c1ccc(O)c(O)c1)c1cc(O)c(O)c(O)c1. The number of aromatic hydroxyl groups is 11. The van der Waals surface area contributed by atoms with E-state index < -0.39 is 105 Å². The first-order valence-corrected chi connectivity index (χ1v) is 15.8. The zero-order valence-corrected chi connectivity index (χ0v) is 26.9. The summed E-state index contributed by atoms with van der Waals surface area (Å²) in [4.78, 5) is 13.4. The molecule has 0 amide bonds. The molecule has 16 heteroatoms. The monoisotopic (exact) mass is 730 g/mol. The number of ether oxygens (including phenoxy) is 3. The van der Waals surface area contributed by atoms with Gasteiger partial charge in [0.1, 0.15) is 46.7 Å². The highest BCUT2D eigenvalue weighted by Crippen LogP contribution is 2.57. The first kappa shape index (κ1) is 34.4. The van der Waals surface area contributed by atoms with Crippen molar-refractivity contribution in [3.63, 3.8) is 0 Å². The van der Waals surface area contributed by atoms with Crippen LogP contribution < -0.4 is 9.47 Å². The van der Waals surface area contributed by atoms with Gasteiger partial charge in [0.2, 0.25) is 0 Å². The number of carbonyl (C=O) groups is 1. The molecule has 7 rings (SSSR count). The Morgan fingerprint density at radius 2 is 1.13 bits per heavy atom. The van der Waals surface area contributed by atoms with E-state index in [-0.39, 0.29) is 45.7 Å². The second kappa shape index (κ2) is 12.6. The van der Waals surface area contributed by atoms with E-state index in [1.807, 2.05) is 0 Å². The zero-order chi connectivity index (χ0) is 38.0. The Morgan fingerprint density at radius 1 is 0.566 bits per heavy atom. The highest BCUT2D eigenvalue weighted by atomic mass is 16.6. The van der Waals surface area contributed by atoms with Gasteiger partial charge in [-0.3, -0.25) is 0 Å². The third-order valence-corrected chi connectivity index (χ3v) is 9.23. The summed E-state index contributed by atoms with van der Waals surface area (Å²) in [6.07, 6.45) is -6.10. The Hall–Kier alpha value is -7.07. The van der Waals surface area contributed by atoms with Gasteiger partial charge in [-0.2, -0.15) is 0 Å². The van der Waals surface area contributed by atoms with Crippen LogP contribution in [0.25, 0.3) is 0 Å². The molecule has 0 aliphatic carbocycles. The van der Waals surface area contributed by atoms with Gasteiger partial charge < -0.3 is 75.5 Å². The molecule has 16 nitrogen and oxygen atoms in total. The maximum absolute atomic E-state index is 13.4. The number of benzene rings is 5. The fraction of sp³-hybridized carbons (Fsp3) is 0.162. The lowest BCUT2D eigenvalue weighted by molar-refractivity contribution is -0.0191. The van der Waals surface area contributed by atoms with Gasteiger partial charge in [0.15, 0.2) is 52.5 Å². The molecule has 0 spiro atoms. The van der Waals surface area contributed by atoms with Crippen molar-refractivity contribution in [2.24, 2.45) is 0 Å². The predicted molar refractivity (Wildman–Crippen MR) is 178 cm³/mol. The van der Waals surface area contributed by atoms with Crippen LogP contribution in [0, 0.1) is 0 Å². The van der Waals surface area contributed by atoms with Crippen LogP contribution in [0.3, 0.4) is 0 Å². The zero-order valence-electron chi connectivity index (χ0n) is 26.9. The number of aliphatic hydroxyl groups excluding tert-OH is 1. The van der Waals surface area contributed by atoms with Gasteiger partial charge in [-0.15, -0.1) is 0 Å². The lowest BCUT2D eigenvalue weighted by Crippen LogP contribution is -2.36. The highest BCUT2D eigenvalue weighted by molar-refractivity contribution is 5.91. The largest absolute Gasteiger partial charge is 0.508 e. The molecule has 0 unspecified atom stereocenters. The normalized spacial score (nSPS) is 20.4. The lowest BCUT2D eigenvalue weighted by Gasteiger charge is -2.39. The number of hydrogen-bond acceptors (Lipinski definition) is 16. The fourth-order valence-corrected chi connectivity index (χ4v) is 6.71. The van der Waals surface area contributed by atoms with Gasteiger partial charge in [0.25, 0.3) is 0 Å². The van der Waals surface area contributed by atoms with E-state index in [0.717, 1.165) is 54.6 Å². The molecule has 2 aliphatic rings. The van der Waals surface area contributed by atoms with Crippen LogP contribution in [0.5, 0.6) is 74.7 Å². The molecule has 0 bridgehead atoms. The second-order valence-corrected chi connectivity index (χ2v) is 12.6. The van der Waals surface area contributed by atoms with Crippen molar-refractivity contribution in [3.8, 4) is 74.7 Å². The average molecular weight is 731 g/mol. The van der Waals surface area contributed by atoms with Crippen molar-refractivity contribution in [2.45, 2.75) is 36.8 Å². The van der Waals surface area contributed by atoms with Crippen molar-refractivity contribution >= 4 is 5.97 Å². The molecule has 0 fully saturated rings. The molecule has 0 radical (unpaired) electrons. The Kier molecular flexibility index (Phi) is 8.18. The third kappa shape index (κ3) is 5.85. The van der Waals surface area contributed by atoms with Crippen LogP contribution in [-0.2, 0) is 11.2 Å². The summed E-state index contributed by atoms with van der Waals surface area (Å²) in [5.74, 6) is -9.82. The van der Waals surface area contributed by atoms with E-state index in [1.165, 1.54) is 12.1 Å². The summed E-state index contributed by atoms with van der Waals surface area (Å²) in [6.45, 7) is 0. The number of esters is 1. The van der Waals surface area contributed by atoms with Crippen LogP contribution in [-0.4, -0.2) is 79.5 Å². The minimum absolute atomic E-state index is 0.0661. The van der Waals surface area contributed by atoms with Crippen molar-refractivity contribution < 1.29 is 80.3 Å². The number of phenols is 11. The Balaban J connectivity index is 1.35. The summed E-state index contributed by atoms with van der Waals surface area (Å²) in [7, 11) is 0. The molecule has 0 saturated heterocycles. The first-order valence-electron chi connectivity index (χ1n) is 15.8. The maximum atomic E-state index is 13.4. The van der Waals surface area contributed by atoms with Crippen LogP contribution in [0.15, 0.2) is 66.7 Å². The molecule has 53 heavy (non-hydrogen) atoms. The van der Waals surface area contributed by atoms with Gasteiger partial charge in [-0.05, 0) is 42.0 Å². The Bertz CT molecular complexity index is 2280. The van der Waals surface area contributed by atoms with Gasteiger partial charge in [-0.1, -0.05) is 12.1 Å². The highest BCUT2D eigenvalue weighted by Gasteiger charge is 2.46. The molecule has 2 aliphatic heterocycles. The van der Waals surface area contributed by atoms with Gasteiger partial charge >= 0.3 is 5.97 Å². The number of carbonyl (C=O) groups excluding carboxylic acids is 1. The van der Waals surface area contributed by atoms with E-state index in [1.54, 1.807) is 0 Å². The molecule has 0 aromatic heterocycles. The molecule has 274 valence electrons. The second-order valence-electron chi connectivity index (χ2n) is 12.6.